The molecule has 0 saturated carbocycles. The molecule has 144 valence electrons. The summed E-state index contributed by atoms with van der Waals surface area (Å²) in [5.74, 6) is 0.111. The number of nitrogens with zero attached hydrogens (tertiary/aromatic N) is 3. The minimum absolute atomic E-state index is 0.0347. The number of ether oxygens (including phenoxy) is 1. The number of benzene rings is 1. The number of fused-ring (bicyclic) bond motifs is 1. The zero-order chi connectivity index (χ0) is 18.8. The highest BCUT2D eigenvalue weighted by Crippen LogP contribution is 2.25. The van der Waals surface area contributed by atoms with Crippen LogP contribution in [0.2, 0.25) is 0 Å². The molecule has 0 N–H and O–H groups in total. The number of piperidine rings is 1. The standard InChI is InChI=1S/C21H27N3O3/c1-2-24-18-8-4-3-6-16(18)14-19(24)21(26)23-9-5-7-17(15-23)20(25)22-10-12-27-13-11-22/h3-4,6,8,14,17H,2,5,7,9-13,15H2,1H3/t17-/m1/s1. The van der Waals surface area contributed by atoms with Crippen LogP contribution in [0.15, 0.2) is 30.3 Å². The van der Waals surface area contributed by atoms with E-state index in [4.69, 9.17) is 4.74 Å². The van der Waals surface area contributed by atoms with Crippen LogP contribution >= 0.6 is 0 Å². The third-order valence-electron chi connectivity index (χ3n) is 5.73. The minimum atomic E-state index is -0.0970. The van der Waals surface area contributed by atoms with Gasteiger partial charge in [0.1, 0.15) is 5.69 Å². The van der Waals surface area contributed by atoms with Crippen molar-refractivity contribution >= 4 is 22.7 Å². The van der Waals surface area contributed by atoms with Crippen LogP contribution in [-0.2, 0) is 16.1 Å². The molecule has 2 aliphatic rings. The molecule has 0 aliphatic carbocycles. The van der Waals surface area contributed by atoms with Gasteiger partial charge in [-0.15, -0.1) is 0 Å². The molecule has 4 rings (SSSR count). The van der Waals surface area contributed by atoms with E-state index in [0.29, 0.717) is 32.8 Å². The first kappa shape index (κ1) is 18.0. The fourth-order valence-electron chi connectivity index (χ4n) is 4.30. The number of aromatic nitrogens is 1. The van der Waals surface area contributed by atoms with Crippen LogP contribution in [0.25, 0.3) is 10.9 Å². The van der Waals surface area contributed by atoms with Crippen molar-refractivity contribution in [1.29, 1.82) is 0 Å². The lowest BCUT2D eigenvalue weighted by Gasteiger charge is -2.36. The maximum Gasteiger partial charge on any atom is 0.270 e. The van der Waals surface area contributed by atoms with Gasteiger partial charge in [-0.3, -0.25) is 9.59 Å². The second-order valence-electron chi connectivity index (χ2n) is 7.36. The van der Waals surface area contributed by atoms with Gasteiger partial charge in [-0.25, -0.2) is 0 Å². The van der Waals surface area contributed by atoms with Gasteiger partial charge in [0.2, 0.25) is 5.91 Å². The highest BCUT2D eigenvalue weighted by Gasteiger charge is 2.33. The third-order valence-corrected chi connectivity index (χ3v) is 5.73. The molecule has 27 heavy (non-hydrogen) atoms. The van der Waals surface area contributed by atoms with Crippen molar-refractivity contribution in [3.05, 3.63) is 36.0 Å². The summed E-state index contributed by atoms with van der Waals surface area (Å²) < 4.78 is 7.42. The molecule has 1 aromatic heterocycles. The summed E-state index contributed by atoms with van der Waals surface area (Å²) in [6.45, 7) is 6.58. The van der Waals surface area contributed by atoms with Crippen molar-refractivity contribution in [2.75, 3.05) is 39.4 Å². The molecule has 2 fully saturated rings. The molecule has 0 unspecified atom stereocenters. The highest BCUT2D eigenvalue weighted by atomic mass is 16.5. The van der Waals surface area contributed by atoms with Crippen LogP contribution in [0.3, 0.4) is 0 Å². The molecule has 6 heteroatoms. The van der Waals surface area contributed by atoms with Gasteiger partial charge >= 0.3 is 0 Å². The van der Waals surface area contributed by atoms with Gasteiger partial charge in [-0.1, -0.05) is 18.2 Å². The van der Waals surface area contributed by atoms with E-state index in [1.54, 1.807) is 0 Å². The molecule has 6 nitrogen and oxygen atoms in total. The van der Waals surface area contributed by atoms with Gasteiger partial charge in [-0.2, -0.15) is 0 Å². The largest absolute Gasteiger partial charge is 0.378 e. The Bertz CT molecular complexity index is 838. The van der Waals surface area contributed by atoms with Crippen molar-refractivity contribution in [1.82, 2.24) is 14.4 Å². The third kappa shape index (κ3) is 3.46. The van der Waals surface area contributed by atoms with Crippen molar-refractivity contribution in [2.45, 2.75) is 26.3 Å². The quantitative estimate of drug-likeness (QED) is 0.835. The van der Waals surface area contributed by atoms with Gasteiger partial charge < -0.3 is 19.1 Å². The van der Waals surface area contributed by atoms with Crippen molar-refractivity contribution in [3.8, 4) is 0 Å². The number of carbonyl (C=O) groups is 2. The zero-order valence-electron chi connectivity index (χ0n) is 15.9. The normalized spacial score (nSPS) is 20.9. The summed E-state index contributed by atoms with van der Waals surface area (Å²) in [6.07, 6.45) is 1.73. The lowest BCUT2D eigenvalue weighted by Crippen LogP contribution is -2.49. The predicted octanol–water partition coefficient (Wildman–Crippen LogP) is 2.37. The van der Waals surface area contributed by atoms with Crippen molar-refractivity contribution in [2.24, 2.45) is 5.92 Å². The molecule has 2 amide bonds. The predicted molar refractivity (Wildman–Crippen MR) is 104 cm³/mol. The number of para-hydroxylation sites is 1. The van der Waals surface area contributed by atoms with Crippen LogP contribution in [0.4, 0.5) is 0 Å². The van der Waals surface area contributed by atoms with Crippen LogP contribution in [-0.4, -0.2) is 65.6 Å². The maximum atomic E-state index is 13.3. The first-order chi connectivity index (χ1) is 13.2. The molecule has 0 radical (unpaired) electrons. The van der Waals surface area contributed by atoms with E-state index in [9.17, 15) is 9.59 Å². The number of aryl methyl sites for hydroxylation is 1. The van der Waals surface area contributed by atoms with E-state index in [0.717, 1.165) is 42.5 Å². The van der Waals surface area contributed by atoms with Crippen molar-refractivity contribution < 1.29 is 14.3 Å². The van der Waals surface area contributed by atoms with Gasteiger partial charge in [0.15, 0.2) is 0 Å². The fraction of sp³-hybridized carbons (Fsp3) is 0.524. The summed E-state index contributed by atoms with van der Waals surface area (Å²) in [7, 11) is 0. The molecule has 1 aromatic carbocycles. The highest BCUT2D eigenvalue weighted by molar-refractivity contribution is 5.99. The Kier molecular flexibility index (Phi) is 5.16. The summed E-state index contributed by atoms with van der Waals surface area (Å²) >= 11 is 0. The molecular weight excluding hydrogens is 342 g/mol. The lowest BCUT2D eigenvalue weighted by molar-refractivity contribution is -0.141. The Balaban J connectivity index is 1.53. The second kappa shape index (κ2) is 7.72. The van der Waals surface area contributed by atoms with Crippen molar-refractivity contribution in [3.63, 3.8) is 0 Å². The average Bonchev–Trinajstić information content (AvgIpc) is 3.12. The molecule has 2 aliphatic heterocycles. The SMILES string of the molecule is CCn1c(C(=O)N2CCC[C@@H](C(=O)N3CCOCC3)C2)cc2ccccc21. The molecular formula is C21H27N3O3. The summed E-state index contributed by atoms with van der Waals surface area (Å²) in [5.41, 5.74) is 1.81. The molecule has 2 saturated heterocycles. The minimum Gasteiger partial charge on any atom is -0.378 e. The zero-order valence-corrected chi connectivity index (χ0v) is 15.9. The van der Waals surface area contributed by atoms with E-state index < -0.39 is 0 Å². The Morgan fingerprint density at radius 2 is 1.89 bits per heavy atom. The fourth-order valence-corrected chi connectivity index (χ4v) is 4.30. The molecule has 0 spiro atoms. The smallest absolute Gasteiger partial charge is 0.270 e. The summed E-state index contributed by atoms with van der Waals surface area (Å²) in [6, 6.07) is 10.1. The molecule has 0 bridgehead atoms. The van der Waals surface area contributed by atoms with Gasteiger partial charge in [0.05, 0.1) is 19.1 Å². The Morgan fingerprint density at radius 1 is 1.11 bits per heavy atom. The Morgan fingerprint density at radius 3 is 2.67 bits per heavy atom. The van der Waals surface area contributed by atoms with Crippen LogP contribution in [0.5, 0.6) is 0 Å². The number of hydrogen-bond acceptors (Lipinski definition) is 3. The number of likely N-dealkylation sites (tertiary alicyclic amines) is 1. The van der Waals surface area contributed by atoms with E-state index in [2.05, 4.69) is 17.6 Å². The van der Waals surface area contributed by atoms with Gasteiger partial charge in [0, 0.05) is 43.6 Å². The molecule has 1 atom stereocenters. The molecule has 3 heterocycles. The Labute approximate surface area is 159 Å². The first-order valence-electron chi connectivity index (χ1n) is 9.93. The van der Waals surface area contributed by atoms with Crippen LogP contribution in [0.1, 0.15) is 30.3 Å². The number of morpholine rings is 1. The second-order valence-corrected chi connectivity index (χ2v) is 7.36. The van der Waals surface area contributed by atoms with E-state index >= 15 is 0 Å². The van der Waals surface area contributed by atoms with Gasteiger partial charge in [0.25, 0.3) is 5.91 Å². The summed E-state index contributed by atoms with van der Waals surface area (Å²) in [4.78, 5) is 29.9. The topological polar surface area (TPSA) is 54.8 Å². The number of hydrogen-bond donors (Lipinski definition) is 0. The maximum absolute atomic E-state index is 13.3. The number of carbonyl (C=O) groups excluding carboxylic acids is 2. The number of amides is 2. The molecule has 2 aromatic rings. The van der Waals surface area contributed by atoms with E-state index in [1.807, 2.05) is 34.1 Å². The lowest BCUT2D eigenvalue weighted by atomic mass is 9.96. The average molecular weight is 369 g/mol. The van der Waals surface area contributed by atoms with E-state index in [1.165, 1.54) is 0 Å². The van der Waals surface area contributed by atoms with Crippen LogP contribution < -0.4 is 0 Å². The summed E-state index contributed by atoms with van der Waals surface area (Å²) in [5, 5.41) is 1.08. The Hall–Kier alpha value is -2.34. The van der Waals surface area contributed by atoms with E-state index in [-0.39, 0.29) is 17.7 Å². The first-order valence-corrected chi connectivity index (χ1v) is 9.93. The van der Waals surface area contributed by atoms with Crippen LogP contribution in [0, 0.1) is 5.92 Å². The van der Waals surface area contributed by atoms with Gasteiger partial charge in [-0.05, 0) is 31.9 Å². The monoisotopic (exact) mass is 369 g/mol. The number of rotatable bonds is 3.